The van der Waals surface area contributed by atoms with Gasteiger partial charge in [0, 0.05) is 6.54 Å². The Morgan fingerprint density at radius 1 is 1.09 bits per heavy atom. The minimum atomic E-state index is -0.781. The Balaban J connectivity index is 2.08. The zero-order chi connectivity index (χ0) is 25.5. The van der Waals surface area contributed by atoms with E-state index >= 15 is 0 Å². The van der Waals surface area contributed by atoms with Gasteiger partial charge >= 0.3 is 0 Å². The lowest BCUT2D eigenvalue weighted by molar-refractivity contribution is -0.140. The first-order chi connectivity index (χ1) is 16.8. The number of benzene rings is 2. The summed E-state index contributed by atoms with van der Waals surface area (Å²) >= 11 is 0. The average molecular weight is 481 g/mol. The summed E-state index contributed by atoms with van der Waals surface area (Å²) in [4.78, 5) is 30.2. The van der Waals surface area contributed by atoms with Crippen LogP contribution in [0.4, 0.5) is 0 Å². The van der Waals surface area contributed by atoms with Crippen LogP contribution in [0.2, 0.25) is 0 Å². The van der Waals surface area contributed by atoms with Gasteiger partial charge in [-0.25, -0.2) is 0 Å². The van der Waals surface area contributed by atoms with Crippen LogP contribution in [-0.2, 0) is 9.59 Å². The first-order valence-electron chi connectivity index (χ1n) is 12.4. The molecule has 188 valence electrons. The SMILES string of the molecule is CCCOc1cccc([C@@H]2C(=C(O)c3cc(C)ccc3O)C(=O)C(=O)N2CCCN(CC)CC)c1. The van der Waals surface area contributed by atoms with Gasteiger partial charge in [0.1, 0.15) is 17.3 Å². The van der Waals surface area contributed by atoms with Crippen LogP contribution in [0.15, 0.2) is 48.0 Å². The highest BCUT2D eigenvalue weighted by Gasteiger charge is 2.46. The maximum Gasteiger partial charge on any atom is 0.295 e. The van der Waals surface area contributed by atoms with Crippen LogP contribution in [0, 0.1) is 6.92 Å². The molecule has 1 saturated heterocycles. The second kappa shape index (κ2) is 11.9. The van der Waals surface area contributed by atoms with Crippen molar-refractivity contribution < 1.29 is 24.5 Å². The fraction of sp³-hybridized carbons (Fsp3) is 0.429. The molecule has 2 aromatic carbocycles. The predicted molar refractivity (Wildman–Crippen MR) is 136 cm³/mol. The van der Waals surface area contributed by atoms with Crippen molar-refractivity contribution in [3.8, 4) is 11.5 Å². The zero-order valence-corrected chi connectivity index (χ0v) is 21.1. The van der Waals surface area contributed by atoms with Gasteiger partial charge in [-0.3, -0.25) is 9.59 Å². The Morgan fingerprint density at radius 3 is 2.51 bits per heavy atom. The Hall–Kier alpha value is -3.32. The van der Waals surface area contributed by atoms with Crippen LogP contribution in [-0.4, -0.2) is 64.5 Å². The molecule has 0 spiro atoms. The van der Waals surface area contributed by atoms with Gasteiger partial charge in [-0.15, -0.1) is 0 Å². The first kappa shape index (κ1) is 26.3. The van der Waals surface area contributed by atoms with Crippen molar-refractivity contribution >= 4 is 17.4 Å². The lowest BCUT2D eigenvalue weighted by Gasteiger charge is -2.27. The van der Waals surface area contributed by atoms with Crippen molar-refractivity contribution in [1.29, 1.82) is 0 Å². The summed E-state index contributed by atoms with van der Waals surface area (Å²) in [5.74, 6) is -1.30. The number of aryl methyl sites for hydroxylation is 1. The van der Waals surface area contributed by atoms with Gasteiger partial charge in [0.2, 0.25) is 0 Å². The second-order valence-electron chi connectivity index (χ2n) is 8.81. The standard InChI is InChI=1S/C28H36N2O5/c1-5-16-35-21-11-8-10-20(18-21)25-24(26(32)22-17-19(4)12-13-23(22)31)27(33)28(34)30(25)15-9-14-29(6-2)7-3/h8,10-13,17-18,25,31-32H,5-7,9,14-16H2,1-4H3/t25-/m1/s1. The third kappa shape index (κ3) is 5.85. The summed E-state index contributed by atoms with van der Waals surface area (Å²) in [5.41, 5.74) is 1.60. The fourth-order valence-corrected chi connectivity index (χ4v) is 4.44. The number of carbonyl (C=O) groups excluding carboxylic acids is 2. The number of nitrogens with zero attached hydrogens (tertiary/aromatic N) is 2. The molecule has 35 heavy (non-hydrogen) atoms. The lowest BCUT2D eigenvalue weighted by Crippen LogP contribution is -2.33. The summed E-state index contributed by atoms with van der Waals surface area (Å²) in [5, 5.41) is 21.7. The van der Waals surface area contributed by atoms with E-state index in [1.165, 1.54) is 11.0 Å². The van der Waals surface area contributed by atoms with Gasteiger partial charge in [0.15, 0.2) is 0 Å². The van der Waals surface area contributed by atoms with Gasteiger partial charge in [-0.1, -0.05) is 44.5 Å². The van der Waals surface area contributed by atoms with Crippen molar-refractivity contribution in [2.24, 2.45) is 0 Å². The molecule has 1 fully saturated rings. The molecule has 1 aliphatic heterocycles. The van der Waals surface area contributed by atoms with Crippen LogP contribution in [0.1, 0.15) is 56.3 Å². The maximum atomic E-state index is 13.2. The van der Waals surface area contributed by atoms with Crippen LogP contribution < -0.4 is 4.74 Å². The molecular weight excluding hydrogens is 444 g/mol. The Labute approximate surface area is 207 Å². The van der Waals surface area contributed by atoms with E-state index in [0.717, 1.165) is 31.6 Å². The van der Waals surface area contributed by atoms with Gasteiger partial charge < -0.3 is 24.7 Å². The molecule has 2 N–H and O–H groups in total. The molecule has 0 saturated carbocycles. The quantitative estimate of drug-likeness (QED) is 0.277. The van der Waals surface area contributed by atoms with Gasteiger partial charge in [-0.2, -0.15) is 0 Å². The number of aliphatic hydroxyl groups excluding tert-OH is 1. The predicted octanol–water partition coefficient (Wildman–Crippen LogP) is 4.64. The smallest absolute Gasteiger partial charge is 0.295 e. The number of phenolic OH excluding ortho intramolecular Hbond substituents is 1. The molecule has 0 aliphatic carbocycles. The maximum absolute atomic E-state index is 13.2. The minimum Gasteiger partial charge on any atom is -0.507 e. The Kier molecular flexibility index (Phi) is 8.93. The van der Waals surface area contributed by atoms with Crippen LogP contribution in [0.5, 0.6) is 11.5 Å². The summed E-state index contributed by atoms with van der Waals surface area (Å²) < 4.78 is 5.79. The van der Waals surface area contributed by atoms with Gasteiger partial charge in [0.25, 0.3) is 11.7 Å². The van der Waals surface area contributed by atoms with Gasteiger partial charge in [0.05, 0.1) is 23.8 Å². The van der Waals surface area contributed by atoms with E-state index < -0.39 is 17.7 Å². The minimum absolute atomic E-state index is 0.0219. The summed E-state index contributed by atoms with van der Waals surface area (Å²) in [6, 6.07) is 11.3. The second-order valence-corrected chi connectivity index (χ2v) is 8.81. The number of hydrogen-bond acceptors (Lipinski definition) is 6. The van der Waals surface area contributed by atoms with E-state index in [9.17, 15) is 19.8 Å². The average Bonchev–Trinajstić information content (AvgIpc) is 3.11. The number of ether oxygens (including phenoxy) is 1. The highest BCUT2D eigenvalue weighted by atomic mass is 16.5. The summed E-state index contributed by atoms with van der Waals surface area (Å²) in [6.45, 7) is 11.5. The van der Waals surface area contributed by atoms with Crippen molar-refractivity contribution in [3.63, 3.8) is 0 Å². The monoisotopic (exact) mass is 480 g/mol. The molecule has 1 aliphatic rings. The molecule has 1 heterocycles. The van der Waals surface area contributed by atoms with Crippen molar-refractivity contribution in [1.82, 2.24) is 9.80 Å². The fourth-order valence-electron chi connectivity index (χ4n) is 4.44. The normalized spacial score (nSPS) is 17.4. The number of Topliss-reactive ketones (excluding diaryl/α,β-unsaturated/α-hetero) is 1. The zero-order valence-electron chi connectivity index (χ0n) is 21.1. The number of phenols is 1. The highest BCUT2D eigenvalue weighted by molar-refractivity contribution is 6.46. The molecule has 0 bridgehead atoms. The molecule has 7 heteroatoms. The number of carbonyl (C=O) groups is 2. The largest absolute Gasteiger partial charge is 0.507 e. The molecule has 2 aromatic rings. The van der Waals surface area contributed by atoms with E-state index in [1.807, 2.05) is 38.1 Å². The van der Waals surface area contributed by atoms with Crippen molar-refractivity contribution in [2.45, 2.75) is 46.6 Å². The molecule has 1 amide bonds. The van der Waals surface area contributed by atoms with Crippen molar-refractivity contribution in [3.05, 3.63) is 64.7 Å². The van der Waals surface area contributed by atoms with Crippen LogP contribution in [0.25, 0.3) is 5.76 Å². The third-order valence-electron chi connectivity index (χ3n) is 6.36. The molecule has 0 aromatic heterocycles. The number of rotatable bonds is 11. The number of ketones is 1. The number of aromatic hydroxyl groups is 1. The highest BCUT2D eigenvalue weighted by Crippen LogP contribution is 2.41. The molecule has 0 radical (unpaired) electrons. The van der Waals surface area contributed by atoms with Gasteiger partial charge in [-0.05, 0) is 69.2 Å². The van der Waals surface area contributed by atoms with E-state index in [0.29, 0.717) is 30.9 Å². The van der Waals surface area contributed by atoms with E-state index in [-0.39, 0.29) is 22.6 Å². The Morgan fingerprint density at radius 2 is 1.83 bits per heavy atom. The molecule has 3 rings (SSSR count). The van der Waals surface area contributed by atoms with E-state index in [4.69, 9.17) is 4.74 Å². The number of hydrogen-bond donors (Lipinski definition) is 2. The summed E-state index contributed by atoms with van der Waals surface area (Å²) in [7, 11) is 0. The lowest BCUT2D eigenvalue weighted by atomic mass is 9.94. The number of aliphatic hydroxyl groups is 1. The molecule has 1 atom stereocenters. The van der Waals surface area contributed by atoms with E-state index in [1.54, 1.807) is 12.1 Å². The molecule has 7 nitrogen and oxygen atoms in total. The topological polar surface area (TPSA) is 90.3 Å². The van der Waals surface area contributed by atoms with Crippen molar-refractivity contribution in [2.75, 3.05) is 32.8 Å². The molecule has 0 unspecified atom stereocenters. The third-order valence-corrected chi connectivity index (χ3v) is 6.36. The van der Waals surface area contributed by atoms with E-state index in [2.05, 4.69) is 18.7 Å². The van der Waals surface area contributed by atoms with Crippen LogP contribution in [0.3, 0.4) is 0 Å². The van der Waals surface area contributed by atoms with Crippen LogP contribution >= 0.6 is 0 Å². The number of likely N-dealkylation sites (tertiary alicyclic amines) is 1. The summed E-state index contributed by atoms with van der Waals surface area (Å²) in [6.07, 6.45) is 1.54. The first-order valence-corrected chi connectivity index (χ1v) is 12.4. The Bertz CT molecular complexity index is 1090. The number of amides is 1. The molecular formula is C28H36N2O5.